The molecular weight excluding hydrogens is 735 g/mol. The summed E-state index contributed by atoms with van der Waals surface area (Å²) < 4.78 is 242. The summed E-state index contributed by atoms with van der Waals surface area (Å²) in [6.45, 7) is -4.94. The van der Waals surface area contributed by atoms with Crippen LogP contribution in [0.4, 0.5) is 96.1 Å². The van der Waals surface area contributed by atoms with Gasteiger partial charge in [-0.3, -0.25) is 0 Å². The first-order chi connectivity index (χ1) is 20.9. The fourth-order valence-corrected chi connectivity index (χ4v) is 6.28. The Labute approximate surface area is 255 Å². The Morgan fingerprint density at radius 2 is 0.468 bits per heavy atom. The van der Waals surface area contributed by atoms with E-state index < -0.39 is 94.0 Å². The minimum Gasteiger partial charge on any atom is -0.326 e. The van der Waals surface area contributed by atoms with Gasteiger partial charge in [-0.25, -0.2) is 0 Å². The average Bonchev–Trinajstić information content (AvgIpc) is 2.84. The summed E-state index contributed by atoms with van der Waals surface area (Å²) in [5.41, 5.74) is -16.0. The quantitative estimate of drug-likeness (QED) is 0.173. The Balaban J connectivity index is 2.31. The number of hydrogen-bond acceptors (Lipinski definition) is 1. The third-order valence-corrected chi connectivity index (χ3v) is 8.16. The monoisotopic (exact) mass is 747 g/mol. The van der Waals surface area contributed by atoms with Crippen molar-refractivity contribution in [1.82, 2.24) is 0 Å². The van der Waals surface area contributed by atoms with Crippen molar-refractivity contribution in [3.05, 3.63) is 88.0 Å². The predicted octanol–water partition coefficient (Wildman–Crippen LogP) is 11.7. The van der Waals surface area contributed by atoms with Crippen molar-refractivity contribution in [1.29, 1.82) is 0 Å². The molecule has 0 spiro atoms. The molecule has 0 heterocycles. The molecule has 0 aliphatic carbocycles. The second kappa shape index (κ2) is 12.2. The van der Waals surface area contributed by atoms with E-state index in [2.05, 4.69) is 0 Å². The van der Waals surface area contributed by atoms with E-state index in [-0.39, 0.29) is 54.6 Å². The smallest absolute Gasteiger partial charge is 0.326 e. The van der Waals surface area contributed by atoms with E-state index >= 15 is 0 Å². The zero-order chi connectivity index (χ0) is 36.2. The van der Waals surface area contributed by atoms with Crippen LogP contribution in [-0.2, 0) is 48.9 Å². The van der Waals surface area contributed by atoms with Crippen molar-refractivity contribution >= 4 is 35.4 Å². The highest BCUT2D eigenvalue weighted by atomic mass is 32.4. The van der Waals surface area contributed by atoms with E-state index in [0.717, 1.165) is 0 Å². The van der Waals surface area contributed by atoms with Gasteiger partial charge in [0, 0.05) is 17.1 Å². The van der Waals surface area contributed by atoms with Gasteiger partial charge in [-0.1, -0.05) is 0 Å². The van der Waals surface area contributed by atoms with E-state index in [0.29, 0.717) is 0 Å². The third kappa shape index (κ3) is 9.97. The Morgan fingerprint density at radius 3 is 0.596 bits per heavy atom. The van der Waals surface area contributed by atoms with Crippen LogP contribution in [0.5, 0.6) is 0 Å². The van der Waals surface area contributed by atoms with E-state index in [9.17, 15) is 79.0 Å². The molecule has 3 N–H and O–H groups in total. The van der Waals surface area contributed by atoms with Crippen LogP contribution in [0.25, 0.3) is 0 Å². The molecule has 23 heteroatoms. The second-order valence-electron chi connectivity index (χ2n) is 9.33. The molecule has 260 valence electrons. The summed E-state index contributed by atoms with van der Waals surface area (Å²) in [7, 11) is 0. The summed E-state index contributed by atoms with van der Waals surface area (Å²) in [6, 6.07) is -1.50. The molecule has 0 bridgehead atoms. The van der Waals surface area contributed by atoms with E-state index in [1.807, 2.05) is 0 Å². The van der Waals surface area contributed by atoms with Crippen molar-refractivity contribution in [3.8, 4) is 0 Å². The first-order valence-electron chi connectivity index (χ1n) is 11.7. The second-order valence-corrected chi connectivity index (χ2v) is 12.9. The number of nitrogens with one attached hydrogen (secondary N) is 3. The molecule has 3 aromatic rings. The molecule has 0 atom stereocenters. The standard InChI is InChI=1S/C24H12F18N3PS/c25-19(26,27)10-1-11(20(28,29)30)5-16(4-10)43-46(47,44-17-6-12(21(31,32)33)2-13(7-17)22(34,35)36)45-18-8-14(23(37,38)39)3-15(9-18)24(40,41)42/h1-9H,(H3,43,44,45,47). The third-order valence-electron chi connectivity index (χ3n) is 5.62. The number of anilines is 3. The van der Waals surface area contributed by atoms with Crippen LogP contribution in [-0.4, -0.2) is 0 Å². The van der Waals surface area contributed by atoms with Crippen LogP contribution >= 0.6 is 6.49 Å². The van der Waals surface area contributed by atoms with Crippen molar-refractivity contribution < 1.29 is 79.0 Å². The molecule has 3 aromatic carbocycles. The number of halogens is 18. The fraction of sp³-hybridized carbons (Fsp3) is 0.250. The van der Waals surface area contributed by atoms with Crippen LogP contribution < -0.4 is 15.3 Å². The molecule has 0 radical (unpaired) electrons. The molecule has 0 aromatic heterocycles. The molecule has 0 amide bonds. The average molecular weight is 747 g/mol. The van der Waals surface area contributed by atoms with E-state index in [1.165, 1.54) is 0 Å². The van der Waals surface area contributed by atoms with Gasteiger partial charge in [0.05, 0.1) is 33.4 Å². The normalized spacial score (nSPS) is 13.8. The molecule has 0 fully saturated rings. The molecule has 0 unspecified atom stereocenters. The summed E-state index contributed by atoms with van der Waals surface area (Å²) in [5.74, 6) is 0. The van der Waals surface area contributed by atoms with Crippen LogP contribution in [0.3, 0.4) is 0 Å². The van der Waals surface area contributed by atoms with Crippen LogP contribution in [0.2, 0.25) is 0 Å². The predicted molar refractivity (Wildman–Crippen MR) is 134 cm³/mol. The Morgan fingerprint density at radius 1 is 0.319 bits per heavy atom. The minimum absolute atomic E-state index is 0.0553. The van der Waals surface area contributed by atoms with Crippen molar-refractivity contribution in [3.63, 3.8) is 0 Å². The van der Waals surface area contributed by atoms with Gasteiger partial charge in [-0.05, 0) is 66.4 Å². The van der Waals surface area contributed by atoms with Gasteiger partial charge < -0.3 is 15.3 Å². The highest BCUT2D eigenvalue weighted by Crippen LogP contribution is 2.50. The zero-order valence-corrected chi connectivity index (χ0v) is 23.6. The molecule has 0 saturated carbocycles. The molecule has 0 aliphatic heterocycles. The lowest BCUT2D eigenvalue weighted by Gasteiger charge is -2.30. The van der Waals surface area contributed by atoms with E-state index in [1.54, 1.807) is 15.3 Å². The largest absolute Gasteiger partial charge is 0.416 e. The lowest BCUT2D eigenvalue weighted by molar-refractivity contribution is -0.144. The number of hydrogen-bond donors (Lipinski definition) is 3. The van der Waals surface area contributed by atoms with Gasteiger partial charge in [0.2, 0.25) is 6.49 Å². The topological polar surface area (TPSA) is 36.1 Å². The van der Waals surface area contributed by atoms with Crippen molar-refractivity contribution in [2.75, 3.05) is 15.3 Å². The van der Waals surface area contributed by atoms with Crippen molar-refractivity contribution in [2.24, 2.45) is 0 Å². The lowest BCUT2D eigenvalue weighted by atomic mass is 10.1. The summed E-state index contributed by atoms with van der Waals surface area (Å²) in [6.07, 6.45) is -33.0. The van der Waals surface area contributed by atoms with Gasteiger partial charge in [-0.15, -0.1) is 0 Å². The van der Waals surface area contributed by atoms with Gasteiger partial charge in [0.15, 0.2) is 0 Å². The molecule has 0 aliphatic rings. The number of benzene rings is 3. The van der Waals surface area contributed by atoms with Gasteiger partial charge >= 0.3 is 37.1 Å². The van der Waals surface area contributed by atoms with Crippen LogP contribution in [0.15, 0.2) is 54.6 Å². The Bertz CT molecular complexity index is 1380. The summed E-state index contributed by atoms with van der Waals surface area (Å²) in [5, 5.41) is 5.37. The lowest BCUT2D eigenvalue weighted by Crippen LogP contribution is -2.18. The highest BCUT2D eigenvalue weighted by molar-refractivity contribution is 8.16. The van der Waals surface area contributed by atoms with Crippen molar-refractivity contribution in [2.45, 2.75) is 37.1 Å². The number of alkyl halides is 18. The van der Waals surface area contributed by atoms with Gasteiger partial charge in [0.1, 0.15) is 0 Å². The van der Waals surface area contributed by atoms with Gasteiger partial charge in [0.25, 0.3) is 0 Å². The maximum absolute atomic E-state index is 13.4. The fourth-order valence-electron chi connectivity index (χ4n) is 3.69. The minimum atomic E-state index is -5.51. The first-order valence-corrected chi connectivity index (χ1v) is 14.5. The molecule has 3 nitrogen and oxygen atoms in total. The maximum Gasteiger partial charge on any atom is 0.416 e. The Hall–Kier alpha value is -3.55. The van der Waals surface area contributed by atoms with Crippen LogP contribution in [0.1, 0.15) is 33.4 Å². The molecular formula is C24H12F18N3PS. The highest BCUT2D eigenvalue weighted by Gasteiger charge is 2.40. The molecule has 47 heavy (non-hydrogen) atoms. The zero-order valence-electron chi connectivity index (χ0n) is 21.9. The summed E-state index contributed by atoms with van der Waals surface area (Å²) >= 11 is 5.06. The molecule has 0 saturated heterocycles. The maximum atomic E-state index is 13.4. The number of rotatable bonds is 6. The summed E-state index contributed by atoms with van der Waals surface area (Å²) in [4.78, 5) is 0. The Kier molecular flexibility index (Phi) is 9.81. The van der Waals surface area contributed by atoms with Gasteiger partial charge in [-0.2, -0.15) is 79.0 Å². The SMILES string of the molecule is FC(F)(F)c1cc(NP(=S)(Nc2cc(C(F)(F)F)cc(C(F)(F)F)c2)Nc2cc(C(F)(F)F)cc(C(F)(F)F)c2)cc(C(F)(F)F)c1. The van der Waals surface area contributed by atoms with E-state index in [4.69, 9.17) is 11.8 Å². The molecule has 3 rings (SSSR count). The first kappa shape index (κ1) is 37.9. The van der Waals surface area contributed by atoms with Crippen LogP contribution in [0, 0.1) is 0 Å².